The first-order chi connectivity index (χ1) is 19.0. The normalized spacial score (nSPS) is 14.0. The van der Waals surface area contributed by atoms with Crippen LogP contribution in [0.25, 0.3) is 0 Å². The summed E-state index contributed by atoms with van der Waals surface area (Å²) in [5.41, 5.74) is 6.83. The predicted molar refractivity (Wildman–Crippen MR) is 144 cm³/mol. The highest BCUT2D eigenvalue weighted by Gasteiger charge is 2.28. The zero-order valence-corrected chi connectivity index (χ0v) is 22.0. The van der Waals surface area contributed by atoms with E-state index in [0.29, 0.717) is 24.6 Å². The molecule has 1 aliphatic rings. The molecule has 206 valence electrons. The lowest BCUT2D eigenvalue weighted by Gasteiger charge is -2.25. The number of carbonyl (C=O) groups excluding carboxylic acids is 2. The third-order valence-electron chi connectivity index (χ3n) is 6.65. The van der Waals surface area contributed by atoms with Crippen LogP contribution in [0.3, 0.4) is 0 Å². The molecule has 1 atom stereocenters. The maximum absolute atomic E-state index is 15.2. The van der Waals surface area contributed by atoms with E-state index >= 15 is 4.39 Å². The van der Waals surface area contributed by atoms with Gasteiger partial charge >= 0.3 is 0 Å². The smallest absolute Gasteiger partial charge is 0.243 e. The number of anilines is 2. The molecule has 2 aromatic heterocycles. The van der Waals surface area contributed by atoms with Crippen LogP contribution >= 0.6 is 0 Å². The second-order valence-corrected chi connectivity index (χ2v) is 9.62. The van der Waals surface area contributed by atoms with Gasteiger partial charge in [-0.1, -0.05) is 62.1 Å². The number of nitrogens with zero attached hydrogens (tertiary/aromatic N) is 4. The highest BCUT2D eigenvalue weighted by Crippen LogP contribution is 2.31. The molecule has 0 spiro atoms. The van der Waals surface area contributed by atoms with Gasteiger partial charge < -0.3 is 5.32 Å². The van der Waals surface area contributed by atoms with Crippen LogP contribution in [0.4, 0.5) is 16.0 Å². The molecule has 39 heavy (non-hydrogen) atoms. The number of benzene rings is 1. The van der Waals surface area contributed by atoms with Crippen molar-refractivity contribution in [3.05, 3.63) is 77.6 Å². The molecule has 2 heterocycles. The number of rotatable bonds is 14. The Bertz CT molecular complexity index is 1210. The lowest BCUT2D eigenvalue weighted by Crippen LogP contribution is -2.42. The first-order valence-corrected chi connectivity index (χ1v) is 13.1. The molecule has 0 unspecified atom stereocenters. The fourth-order valence-corrected chi connectivity index (χ4v) is 4.65. The average Bonchev–Trinajstić information content (AvgIpc) is 3.48. The van der Waals surface area contributed by atoms with E-state index in [1.54, 1.807) is 19.2 Å². The molecule has 1 fully saturated rings. The number of aromatic nitrogens is 3. The van der Waals surface area contributed by atoms with Gasteiger partial charge in [0.2, 0.25) is 18.1 Å². The van der Waals surface area contributed by atoms with Crippen LogP contribution in [-0.2, 0) is 27.6 Å². The monoisotopic (exact) mass is 535 g/mol. The van der Waals surface area contributed by atoms with Crippen molar-refractivity contribution in [2.45, 2.75) is 52.2 Å². The predicted octanol–water partition coefficient (Wildman–Crippen LogP) is 4.16. The molecular formula is C28H34FN7O3. The third kappa shape index (κ3) is 8.44. The minimum absolute atomic E-state index is 0.00569. The summed E-state index contributed by atoms with van der Waals surface area (Å²) >= 11 is 0. The van der Waals surface area contributed by atoms with Crippen LogP contribution in [0, 0.1) is 24.6 Å². The third-order valence-corrected chi connectivity index (χ3v) is 6.65. The van der Waals surface area contributed by atoms with Crippen molar-refractivity contribution >= 4 is 24.0 Å². The fourth-order valence-electron chi connectivity index (χ4n) is 4.65. The molecule has 1 aromatic carbocycles. The number of hydroxylamine groups is 2. The summed E-state index contributed by atoms with van der Waals surface area (Å²) in [5.74, 6) is -1.14. The summed E-state index contributed by atoms with van der Waals surface area (Å²) in [6.07, 6.45) is 7.15. The maximum atomic E-state index is 15.2. The molecule has 3 N–H and O–H groups in total. The van der Waals surface area contributed by atoms with Gasteiger partial charge in [-0.15, -0.1) is 0 Å². The van der Waals surface area contributed by atoms with Crippen molar-refractivity contribution in [1.82, 2.24) is 25.4 Å². The van der Waals surface area contributed by atoms with E-state index in [9.17, 15) is 9.59 Å². The van der Waals surface area contributed by atoms with Crippen LogP contribution in [0.1, 0.15) is 49.2 Å². The second-order valence-electron chi connectivity index (χ2n) is 9.62. The lowest BCUT2D eigenvalue weighted by molar-refractivity contribution is -0.182. The Morgan fingerprint density at radius 2 is 1.87 bits per heavy atom. The fraction of sp³-hybridized carbons (Fsp3) is 0.393. The number of nitrogens with one attached hydrogen (secondary N) is 3. The van der Waals surface area contributed by atoms with E-state index in [2.05, 4.69) is 31.1 Å². The van der Waals surface area contributed by atoms with Crippen LogP contribution in [0.2, 0.25) is 0 Å². The van der Waals surface area contributed by atoms with Crippen molar-refractivity contribution in [3.63, 3.8) is 0 Å². The molecule has 10 nitrogen and oxygen atoms in total. The number of hydrogen-bond acceptors (Lipinski definition) is 8. The summed E-state index contributed by atoms with van der Waals surface area (Å²) in [4.78, 5) is 43.1. The SMILES string of the molecule is Cc1nc(NCc2ccccn2)c(F)c(NNC(=O)[C@@H](CC2CCCC2)CN(C=O)OCc2ccccc2)n1. The summed E-state index contributed by atoms with van der Waals surface area (Å²) in [5, 5.41) is 4.08. The number of amides is 2. The number of pyridine rings is 1. The van der Waals surface area contributed by atoms with E-state index in [4.69, 9.17) is 4.84 Å². The van der Waals surface area contributed by atoms with Crippen molar-refractivity contribution in [2.75, 3.05) is 17.3 Å². The maximum Gasteiger partial charge on any atom is 0.243 e. The average molecular weight is 536 g/mol. The molecule has 2 amide bonds. The zero-order chi connectivity index (χ0) is 27.5. The Balaban J connectivity index is 1.39. The van der Waals surface area contributed by atoms with Gasteiger partial charge in [-0.3, -0.25) is 30.3 Å². The first kappa shape index (κ1) is 27.9. The number of hydrogen-bond donors (Lipinski definition) is 3. The molecule has 0 saturated heterocycles. The largest absolute Gasteiger partial charge is 0.362 e. The van der Waals surface area contributed by atoms with Gasteiger partial charge in [-0.2, -0.15) is 4.39 Å². The number of carbonyl (C=O) groups is 2. The van der Waals surface area contributed by atoms with Gasteiger partial charge in [-0.25, -0.2) is 15.0 Å². The van der Waals surface area contributed by atoms with Crippen LogP contribution in [0.15, 0.2) is 54.7 Å². The number of aryl methyl sites for hydroxylation is 1. The topological polar surface area (TPSA) is 121 Å². The van der Waals surface area contributed by atoms with E-state index in [-0.39, 0.29) is 37.2 Å². The van der Waals surface area contributed by atoms with Gasteiger partial charge in [0.25, 0.3) is 0 Å². The highest BCUT2D eigenvalue weighted by molar-refractivity contribution is 5.80. The number of hydrazine groups is 1. The Morgan fingerprint density at radius 3 is 2.59 bits per heavy atom. The van der Waals surface area contributed by atoms with E-state index in [0.717, 1.165) is 42.0 Å². The quantitative estimate of drug-likeness (QED) is 0.208. The minimum atomic E-state index is -0.732. The zero-order valence-electron chi connectivity index (χ0n) is 22.0. The molecule has 0 bridgehead atoms. The van der Waals surface area contributed by atoms with Gasteiger partial charge in [0, 0.05) is 6.20 Å². The van der Waals surface area contributed by atoms with Crippen molar-refractivity contribution in [1.29, 1.82) is 0 Å². The van der Waals surface area contributed by atoms with Crippen molar-refractivity contribution in [3.8, 4) is 0 Å². The Morgan fingerprint density at radius 1 is 1.13 bits per heavy atom. The Labute approximate surface area is 227 Å². The Kier molecular flexibility index (Phi) is 10.1. The first-order valence-electron chi connectivity index (χ1n) is 13.1. The van der Waals surface area contributed by atoms with Gasteiger partial charge in [0.05, 0.1) is 24.7 Å². The van der Waals surface area contributed by atoms with E-state index in [1.807, 2.05) is 42.5 Å². The molecule has 3 aromatic rings. The van der Waals surface area contributed by atoms with Crippen molar-refractivity contribution in [2.24, 2.45) is 11.8 Å². The molecular weight excluding hydrogens is 501 g/mol. The highest BCUT2D eigenvalue weighted by atomic mass is 19.1. The second kappa shape index (κ2) is 14.1. The molecule has 0 aliphatic heterocycles. The molecule has 1 aliphatic carbocycles. The summed E-state index contributed by atoms with van der Waals surface area (Å²) in [6, 6.07) is 14.9. The lowest BCUT2D eigenvalue weighted by atomic mass is 9.92. The number of halogens is 1. The van der Waals surface area contributed by atoms with Crippen LogP contribution in [0.5, 0.6) is 0 Å². The summed E-state index contributed by atoms with van der Waals surface area (Å²) in [7, 11) is 0. The molecule has 4 rings (SSSR count). The van der Waals surface area contributed by atoms with Crippen LogP contribution < -0.4 is 16.2 Å². The standard InChI is InChI=1S/C28H34FN7O3/c1-20-32-26(31-16-24-13-7-8-14-30-24)25(29)27(33-20)34-35-28(38)23(15-21-9-5-6-10-21)17-36(19-37)39-18-22-11-3-2-4-12-22/h2-4,7-8,11-14,19,21,23H,5-6,9-10,15-18H2,1H3,(H,35,38)(H2,31,32,33,34)/t23-/m0/s1. The van der Waals surface area contributed by atoms with E-state index < -0.39 is 11.7 Å². The van der Waals surface area contributed by atoms with Gasteiger partial charge in [0.15, 0.2) is 11.6 Å². The molecule has 11 heteroatoms. The minimum Gasteiger partial charge on any atom is -0.362 e. The van der Waals surface area contributed by atoms with Gasteiger partial charge in [0.1, 0.15) is 12.4 Å². The van der Waals surface area contributed by atoms with E-state index in [1.165, 1.54) is 0 Å². The van der Waals surface area contributed by atoms with Gasteiger partial charge in [-0.05, 0) is 37.0 Å². The summed E-state index contributed by atoms with van der Waals surface area (Å²) in [6.45, 7) is 2.18. The Hall–Kier alpha value is -4.12. The molecule has 1 saturated carbocycles. The molecule has 0 radical (unpaired) electrons. The van der Waals surface area contributed by atoms with Crippen LogP contribution in [-0.4, -0.2) is 38.9 Å². The van der Waals surface area contributed by atoms with Crippen molar-refractivity contribution < 1.29 is 18.8 Å². The summed E-state index contributed by atoms with van der Waals surface area (Å²) < 4.78 is 15.2.